The van der Waals surface area contributed by atoms with Crippen LogP contribution >= 0.6 is 0 Å². The van der Waals surface area contributed by atoms with Gasteiger partial charge >= 0.3 is 0 Å². The van der Waals surface area contributed by atoms with Crippen molar-refractivity contribution in [1.29, 1.82) is 0 Å². The number of nitrogens with zero attached hydrogens (tertiary/aromatic N) is 1. The molecule has 3 heteroatoms. The van der Waals surface area contributed by atoms with Gasteiger partial charge in [0.2, 0.25) is 0 Å². The lowest BCUT2D eigenvalue weighted by Gasteiger charge is -2.04. The molecule has 0 fully saturated rings. The molecule has 0 unspecified atom stereocenters. The molecule has 0 aliphatic rings. The molecular weight excluding hydrogens is 202 g/mol. The van der Waals surface area contributed by atoms with E-state index in [4.69, 9.17) is 9.63 Å². The Balaban J connectivity index is 2.42. The molecule has 0 atom stereocenters. The Kier molecular flexibility index (Phi) is 3.06. The van der Waals surface area contributed by atoms with Crippen LogP contribution in [0.25, 0.3) is 11.3 Å². The van der Waals surface area contributed by atoms with Crippen molar-refractivity contribution in [3.63, 3.8) is 0 Å². The van der Waals surface area contributed by atoms with Crippen molar-refractivity contribution in [3.05, 3.63) is 41.2 Å². The number of hydrogen-bond donors (Lipinski definition) is 1. The van der Waals surface area contributed by atoms with E-state index < -0.39 is 0 Å². The van der Waals surface area contributed by atoms with Crippen LogP contribution in [0.1, 0.15) is 16.9 Å². The van der Waals surface area contributed by atoms with Gasteiger partial charge in [-0.2, -0.15) is 0 Å². The summed E-state index contributed by atoms with van der Waals surface area (Å²) in [5.41, 5.74) is 4.34. The van der Waals surface area contributed by atoms with Gasteiger partial charge in [-0.3, -0.25) is 0 Å². The topological polar surface area (TPSA) is 46.3 Å². The molecular formula is C13H15NO2. The first-order chi connectivity index (χ1) is 7.72. The lowest BCUT2D eigenvalue weighted by atomic mass is 10.00. The van der Waals surface area contributed by atoms with E-state index in [9.17, 15) is 0 Å². The first-order valence-electron chi connectivity index (χ1n) is 5.35. The van der Waals surface area contributed by atoms with Crippen molar-refractivity contribution in [3.8, 4) is 11.3 Å². The summed E-state index contributed by atoms with van der Waals surface area (Å²) in [6, 6.07) is 8.04. The molecule has 0 aliphatic heterocycles. The molecule has 1 aromatic heterocycles. The highest BCUT2D eigenvalue weighted by molar-refractivity contribution is 5.67. The van der Waals surface area contributed by atoms with Gasteiger partial charge in [-0.1, -0.05) is 23.4 Å². The fourth-order valence-electron chi connectivity index (χ4n) is 1.88. The quantitative estimate of drug-likeness (QED) is 0.859. The van der Waals surface area contributed by atoms with E-state index >= 15 is 0 Å². The van der Waals surface area contributed by atoms with Crippen LogP contribution in [0.4, 0.5) is 0 Å². The first-order valence-corrected chi connectivity index (χ1v) is 5.35. The van der Waals surface area contributed by atoms with E-state index in [-0.39, 0.29) is 6.61 Å². The van der Waals surface area contributed by atoms with Crippen molar-refractivity contribution < 1.29 is 9.63 Å². The summed E-state index contributed by atoms with van der Waals surface area (Å²) in [4.78, 5) is 0. The van der Waals surface area contributed by atoms with Crippen molar-refractivity contribution in [2.24, 2.45) is 0 Å². The SMILES string of the molecule is Cc1cccc(C)c1-c1cc(CCO)on1. The van der Waals surface area contributed by atoms with Crippen molar-refractivity contribution in [1.82, 2.24) is 5.16 Å². The van der Waals surface area contributed by atoms with Crippen LogP contribution in [0, 0.1) is 13.8 Å². The fourth-order valence-corrected chi connectivity index (χ4v) is 1.88. The van der Waals surface area contributed by atoms with Crippen LogP contribution in [0.3, 0.4) is 0 Å². The third kappa shape index (κ3) is 1.99. The summed E-state index contributed by atoms with van der Waals surface area (Å²) in [6.45, 7) is 4.20. The van der Waals surface area contributed by atoms with E-state index in [0.717, 1.165) is 17.0 Å². The number of hydrogen-bond acceptors (Lipinski definition) is 3. The zero-order valence-electron chi connectivity index (χ0n) is 9.53. The predicted molar refractivity (Wildman–Crippen MR) is 62.2 cm³/mol. The summed E-state index contributed by atoms with van der Waals surface area (Å²) in [7, 11) is 0. The normalized spacial score (nSPS) is 10.7. The van der Waals surface area contributed by atoms with E-state index in [2.05, 4.69) is 31.1 Å². The third-order valence-electron chi connectivity index (χ3n) is 2.65. The second kappa shape index (κ2) is 4.49. The highest BCUT2D eigenvalue weighted by Crippen LogP contribution is 2.26. The summed E-state index contributed by atoms with van der Waals surface area (Å²) in [5, 5.41) is 12.9. The summed E-state index contributed by atoms with van der Waals surface area (Å²) >= 11 is 0. The van der Waals surface area contributed by atoms with E-state index in [1.807, 2.05) is 12.1 Å². The van der Waals surface area contributed by atoms with Crippen LogP contribution in [0.2, 0.25) is 0 Å². The standard InChI is InChI=1S/C13H15NO2/c1-9-4-3-5-10(2)13(9)12-8-11(6-7-15)16-14-12/h3-5,8,15H,6-7H2,1-2H3. The van der Waals surface area contributed by atoms with Gasteiger partial charge in [-0.15, -0.1) is 0 Å². The van der Waals surface area contributed by atoms with E-state index in [0.29, 0.717) is 6.42 Å². The summed E-state index contributed by atoms with van der Waals surface area (Å²) in [6.07, 6.45) is 0.512. The molecule has 3 nitrogen and oxygen atoms in total. The number of aliphatic hydroxyl groups excluding tert-OH is 1. The Labute approximate surface area is 94.7 Å². The van der Waals surface area contributed by atoms with Crippen LogP contribution in [0.15, 0.2) is 28.8 Å². The molecule has 16 heavy (non-hydrogen) atoms. The molecule has 1 N–H and O–H groups in total. The Morgan fingerprint density at radius 3 is 2.56 bits per heavy atom. The first kappa shape index (κ1) is 10.9. The molecule has 0 bridgehead atoms. The molecule has 2 rings (SSSR count). The Morgan fingerprint density at radius 1 is 1.25 bits per heavy atom. The van der Waals surface area contributed by atoms with Crippen LogP contribution in [0.5, 0.6) is 0 Å². The second-order valence-electron chi connectivity index (χ2n) is 3.92. The molecule has 2 aromatic rings. The van der Waals surface area contributed by atoms with Crippen LogP contribution in [-0.2, 0) is 6.42 Å². The molecule has 0 radical (unpaired) electrons. The number of aryl methyl sites for hydroxylation is 2. The Bertz CT molecular complexity index is 468. The van der Waals surface area contributed by atoms with Gasteiger partial charge < -0.3 is 9.63 Å². The minimum absolute atomic E-state index is 0.0847. The number of benzene rings is 1. The van der Waals surface area contributed by atoms with Gasteiger partial charge in [0, 0.05) is 18.1 Å². The fraction of sp³-hybridized carbons (Fsp3) is 0.308. The van der Waals surface area contributed by atoms with Gasteiger partial charge in [0.05, 0.1) is 6.61 Å². The lowest BCUT2D eigenvalue weighted by molar-refractivity contribution is 0.277. The molecule has 1 aromatic carbocycles. The average Bonchev–Trinajstić information content (AvgIpc) is 2.67. The molecule has 0 amide bonds. The van der Waals surface area contributed by atoms with Gasteiger partial charge in [0.15, 0.2) is 0 Å². The van der Waals surface area contributed by atoms with Crippen molar-refractivity contribution in [2.75, 3.05) is 6.61 Å². The van der Waals surface area contributed by atoms with Crippen LogP contribution in [-0.4, -0.2) is 16.9 Å². The molecule has 0 spiro atoms. The smallest absolute Gasteiger partial charge is 0.139 e. The molecule has 0 saturated carbocycles. The summed E-state index contributed by atoms with van der Waals surface area (Å²) < 4.78 is 5.16. The largest absolute Gasteiger partial charge is 0.396 e. The summed E-state index contributed by atoms with van der Waals surface area (Å²) in [5.74, 6) is 0.722. The zero-order valence-corrected chi connectivity index (χ0v) is 9.53. The Morgan fingerprint density at radius 2 is 1.94 bits per heavy atom. The molecule has 0 saturated heterocycles. The van der Waals surface area contributed by atoms with E-state index in [1.54, 1.807) is 0 Å². The predicted octanol–water partition coefficient (Wildman–Crippen LogP) is 2.49. The van der Waals surface area contributed by atoms with E-state index in [1.165, 1.54) is 11.1 Å². The average molecular weight is 217 g/mol. The molecule has 1 heterocycles. The monoisotopic (exact) mass is 217 g/mol. The minimum Gasteiger partial charge on any atom is -0.396 e. The number of aromatic nitrogens is 1. The number of rotatable bonds is 3. The Hall–Kier alpha value is -1.61. The van der Waals surface area contributed by atoms with Gasteiger partial charge in [-0.05, 0) is 25.0 Å². The van der Waals surface area contributed by atoms with Gasteiger partial charge in [0.1, 0.15) is 11.5 Å². The van der Waals surface area contributed by atoms with Crippen LogP contribution < -0.4 is 0 Å². The number of aliphatic hydroxyl groups is 1. The third-order valence-corrected chi connectivity index (χ3v) is 2.65. The molecule has 84 valence electrons. The highest BCUT2D eigenvalue weighted by Gasteiger charge is 2.10. The zero-order chi connectivity index (χ0) is 11.5. The minimum atomic E-state index is 0.0847. The lowest BCUT2D eigenvalue weighted by Crippen LogP contribution is -1.88. The molecule has 0 aliphatic carbocycles. The van der Waals surface area contributed by atoms with Gasteiger partial charge in [-0.25, -0.2) is 0 Å². The maximum atomic E-state index is 8.82. The maximum absolute atomic E-state index is 8.82. The maximum Gasteiger partial charge on any atom is 0.139 e. The van der Waals surface area contributed by atoms with Crippen molar-refractivity contribution in [2.45, 2.75) is 20.3 Å². The highest BCUT2D eigenvalue weighted by atomic mass is 16.5. The van der Waals surface area contributed by atoms with Gasteiger partial charge in [0.25, 0.3) is 0 Å². The van der Waals surface area contributed by atoms with Crippen molar-refractivity contribution >= 4 is 0 Å². The second-order valence-corrected chi connectivity index (χ2v) is 3.92.